The first-order valence-corrected chi connectivity index (χ1v) is 44.1. The van der Waals surface area contributed by atoms with Crippen molar-refractivity contribution >= 4 is 39.5 Å². The lowest BCUT2D eigenvalue weighted by Gasteiger charge is -2.21. The zero-order chi connectivity index (χ0) is 77.4. The topological polar surface area (TPSA) is 237 Å². The van der Waals surface area contributed by atoms with E-state index in [1.165, 1.54) is 64.2 Å². The summed E-state index contributed by atoms with van der Waals surface area (Å²) in [6.07, 6.45) is 89.6. The molecule has 0 bridgehead atoms. The highest BCUT2D eigenvalue weighted by Gasteiger charge is 2.30. The van der Waals surface area contributed by atoms with E-state index in [4.69, 9.17) is 37.0 Å². The number of hydrogen-bond donors (Lipinski definition) is 3. The standard InChI is InChI=1S/C87H146O17P2/c1-5-9-13-17-21-25-29-33-36-38-40-42-45-49-52-56-60-64-68-72-85(90)98-77-82(103-86(91)73-69-65-61-57-53-47-32-28-24-20-16-12-8-4)79-101-105(93,94)99-75-81(88)76-100-106(95,96)102-80-83(78-97-84(89)71-67-63-59-55-51-48-44-35-31-27-23-19-15-11-7-3)104-87(92)74-70-66-62-58-54-50-46-43-41-39-37-34-30-26-22-18-14-10-6-2/h9-10,13-14,21-22,25-26,28,32-37,40-44,49-50,52,54,81-83,88H,5-8,11-12,15-20,23-24,27,29-31,38-39,45-48,51,53,55-80H2,1-4H3,(H,93,94)(H,95,96)/b13-9-,14-10-,25-21-,26-22-,32-28-,36-33-,37-34-,42-40-,43-41-,44-35-,52-49-,54-50-/t81-,82-,83-/m1/s1. The van der Waals surface area contributed by atoms with E-state index in [0.717, 1.165) is 180 Å². The van der Waals surface area contributed by atoms with Crippen LogP contribution >= 0.6 is 15.6 Å². The van der Waals surface area contributed by atoms with Gasteiger partial charge in [0.15, 0.2) is 12.2 Å². The molecule has 0 fully saturated rings. The van der Waals surface area contributed by atoms with Gasteiger partial charge in [0, 0.05) is 25.7 Å². The van der Waals surface area contributed by atoms with Gasteiger partial charge in [-0.05, 0) is 167 Å². The zero-order valence-electron chi connectivity index (χ0n) is 66.3. The van der Waals surface area contributed by atoms with Crippen LogP contribution in [0.2, 0.25) is 0 Å². The Kier molecular flexibility index (Phi) is 74.3. The third-order valence-corrected chi connectivity index (χ3v) is 18.7. The minimum atomic E-state index is -5.00. The normalized spacial score (nSPS) is 14.6. The van der Waals surface area contributed by atoms with E-state index in [0.29, 0.717) is 25.7 Å². The van der Waals surface area contributed by atoms with Gasteiger partial charge in [0.05, 0.1) is 26.4 Å². The highest BCUT2D eigenvalue weighted by Crippen LogP contribution is 2.45. The van der Waals surface area contributed by atoms with Crippen molar-refractivity contribution < 1.29 is 80.2 Å². The van der Waals surface area contributed by atoms with Crippen molar-refractivity contribution in [2.24, 2.45) is 0 Å². The first-order chi connectivity index (χ1) is 51.7. The van der Waals surface area contributed by atoms with Crippen LogP contribution < -0.4 is 0 Å². The Hall–Kier alpha value is -5.06. The summed E-state index contributed by atoms with van der Waals surface area (Å²) in [5.41, 5.74) is 0. The molecule has 0 heterocycles. The average molecular weight is 1530 g/mol. The molecule has 0 saturated heterocycles. The van der Waals surface area contributed by atoms with Crippen molar-refractivity contribution in [1.29, 1.82) is 0 Å². The van der Waals surface area contributed by atoms with Gasteiger partial charge in [-0.2, -0.15) is 0 Å². The Morgan fingerprint density at radius 3 is 0.783 bits per heavy atom. The molecule has 0 saturated carbocycles. The molecule has 0 radical (unpaired) electrons. The van der Waals surface area contributed by atoms with Gasteiger partial charge in [0.25, 0.3) is 0 Å². The molecular weight excluding hydrogens is 1380 g/mol. The summed E-state index contributed by atoms with van der Waals surface area (Å²) in [6, 6.07) is 0. The minimum Gasteiger partial charge on any atom is -0.462 e. The molecule has 3 N–H and O–H groups in total. The molecule has 5 atom stereocenters. The van der Waals surface area contributed by atoms with E-state index in [2.05, 4.69) is 174 Å². The summed E-state index contributed by atoms with van der Waals surface area (Å²) in [5.74, 6) is -2.27. The molecule has 106 heavy (non-hydrogen) atoms. The first-order valence-electron chi connectivity index (χ1n) is 41.1. The predicted molar refractivity (Wildman–Crippen MR) is 436 cm³/mol. The number of allylic oxidation sites excluding steroid dienone is 24. The largest absolute Gasteiger partial charge is 0.472 e. The van der Waals surface area contributed by atoms with E-state index in [1.807, 2.05) is 0 Å². The minimum absolute atomic E-state index is 0.0502. The second-order valence-corrected chi connectivity index (χ2v) is 29.8. The molecule has 0 aromatic heterocycles. The highest BCUT2D eigenvalue weighted by atomic mass is 31.2. The SMILES string of the molecule is CC/C=C\C/C=C\C/C=C\C/C=C\C/C=C\CCCCCC(=O)OC[C@H](COP(=O)(O)OC[C@@H](O)COP(=O)(O)OC[C@@H](COC(=O)CCCCCCC/C=C\CCCCCCCC)OC(=O)CCCCC/C=C\C/C=C\C/C=C\C/C=C\C/C=C\CC)OC(=O)CCCCCCC/C=C\CCCCCC. The van der Waals surface area contributed by atoms with Gasteiger partial charge in [-0.1, -0.05) is 276 Å². The number of phosphoric acid groups is 2. The fourth-order valence-electron chi connectivity index (χ4n) is 10.6. The lowest BCUT2D eigenvalue weighted by Crippen LogP contribution is -2.30. The predicted octanol–water partition coefficient (Wildman–Crippen LogP) is 24.2. The molecule has 17 nitrogen and oxygen atoms in total. The van der Waals surface area contributed by atoms with Gasteiger partial charge in [0.1, 0.15) is 19.3 Å². The van der Waals surface area contributed by atoms with Crippen LogP contribution in [0.5, 0.6) is 0 Å². The van der Waals surface area contributed by atoms with E-state index in [-0.39, 0.29) is 25.7 Å². The maximum absolute atomic E-state index is 13.1. The van der Waals surface area contributed by atoms with Crippen LogP contribution in [0.1, 0.15) is 323 Å². The van der Waals surface area contributed by atoms with E-state index in [9.17, 15) is 43.2 Å². The fourth-order valence-corrected chi connectivity index (χ4v) is 12.1. The Bertz CT molecular complexity index is 2580. The van der Waals surface area contributed by atoms with E-state index >= 15 is 0 Å². The molecule has 0 rings (SSSR count). The van der Waals surface area contributed by atoms with Crippen LogP contribution in [-0.2, 0) is 65.4 Å². The number of unbranched alkanes of at least 4 members (excludes halogenated alkanes) is 26. The Balaban J connectivity index is 5.43. The van der Waals surface area contributed by atoms with Gasteiger partial charge in [-0.3, -0.25) is 37.3 Å². The van der Waals surface area contributed by atoms with Gasteiger partial charge < -0.3 is 33.8 Å². The maximum atomic E-state index is 13.1. The van der Waals surface area contributed by atoms with Crippen LogP contribution in [0.4, 0.5) is 0 Å². The molecule has 0 spiro atoms. The van der Waals surface area contributed by atoms with Crippen LogP contribution in [-0.4, -0.2) is 96.7 Å². The maximum Gasteiger partial charge on any atom is 0.472 e. The van der Waals surface area contributed by atoms with Gasteiger partial charge >= 0.3 is 39.5 Å². The second-order valence-electron chi connectivity index (χ2n) is 26.9. The molecule has 0 aliphatic rings. The average Bonchev–Trinajstić information content (AvgIpc) is 0.899. The summed E-state index contributed by atoms with van der Waals surface area (Å²) < 4.78 is 68.6. The fraction of sp³-hybridized carbons (Fsp3) is 0.678. The molecule has 19 heteroatoms. The van der Waals surface area contributed by atoms with Crippen molar-refractivity contribution in [3.8, 4) is 0 Å². The third-order valence-electron chi connectivity index (χ3n) is 16.8. The number of rotatable bonds is 76. The number of aliphatic hydroxyl groups is 1. The number of phosphoric ester groups is 2. The number of carbonyl (C=O) groups is 4. The van der Waals surface area contributed by atoms with Crippen LogP contribution in [0.15, 0.2) is 146 Å². The molecule has 606 valence electrons. The second kappa shape index (κ2) is 78.1. The van der Waals surface area contributed by atoms with Gasteiger partial charge in [0.2, 0.25) is 0 Å². The Morgan fingerprint density at radius 1 is 0.274 bits per heavy atom. The van der Waals surface area contributed by atoms with Crippen molar-refractivity contribution in [3.05, 3.63) is 146 Å². The van der Waals surface area contributed by atoms with Gasteiger partial charge in [-0.25, -0.2) is 9.13 Å². The van der Waals surface area contributed by atoms with Crippen LogP contribution in [0, 0.1) is 0 Å². The lowest BCUT2D eigenvalue weighted by atomic mass is 10.1. The smallest absolute Gasteiger partial charge is 0.462 e. The summed E-state index contributed by atoms with van der Waals surface area (Å²) >= 11 is 0. The lowest BCUT2D eigenvalue weighted by molar-refractivity contribution is -0.161. The quantitative estimate of drug-likeness (QED) is 0.0169. The first kappa shape index (κ1) is 101. The Labute approximate surface area is 643 Å². The summed E-state index contributed by atoms with van der Waals surface area (Å²) in [6.45, 7) is 4.55. The number of ether oxygens (including phenoxy) is 4. The van der Waals surface area contributed by atoms with Crippen LogP contribution in [0.3, 0.4) is 0 Å². The molecule has 0 aliphatic heterocycles. The molecule has 0 aromatic carbocycles. The van der Waals surface area contributed by atoms with Crippen LogP contribution in [0.25, 0.3) is 0 Å². The van der Waals surface area contributed by atoms with Gasteiger partial charge in [-0.15, -0.1) is 0 Å². The molecular formula is C87H146O17P2. The number of hydrogen-bond acceptors (Lipinski definition) is 15. The Morgan fingerprint density at radius 2 is 0.491 bits per heavy atom. The van der Waals surface area contributed by atoms with Crippen molar-refractivity contribution in [2.45, 2.75) is 341 Å². The van der Waals surface area contributed by atoms with Crippen molar-refractivity contribution in [1.82, 2.24) is 0 Å². The summed E-state index contributed by atoms with van der Waals surface area (Å²) in [4.78, 5) is 73.1. The number of carbonyl (C=O) groups excluding carboxylic acids is 4. The van der Waals surface area contributed by atoms with E-state index < -0.39 is 97.5 Å². The molecule has 0 aliphatic carbocycles. The number of aliphatic hydroxyl groups excluding tert-OH is 1. The number of esters is 4. The van der Waals surface area contributed by atoms with Crippen molar-refractivity contribution in [3.63, 3.8) is 0 Å². The highest BCUT2D eigenvalue weighted by molar-refractivity contribution is 7.47. The summed E-state index contributed by atoms with van der Waals surface area (Å²) in [5, 5.41) is 10.7. The molecule has 0 aromatic rings. The summed E-state index contributed by atoms with van der Waals surface area (Å²) in [7, 11) is -9.99. The zero-order valence-corrected chi connectivity index (χ0v) is 68.1. The molecule has 0 amide bonds. The van der Waals surface area contributed by atoms with Crippen molar-refractivity contribution in [2.75, 3.05) is 39.6 Å². The monoisotopic (exact) mass is 1530 g/mol. The molecule has 2 unspecified atom stereocenters. The van der Waals surface area contributed by atoms with E-state index in [1.54, 1.807) is 0 Å². The third kappa shape index (κ3) is 77.1.